The van der Waals surface area contributed by atoms with Crippen LogP contribution >= 0.6 is 0 Å². The zero-order chi connectivity index (χ0) is 12.1. The second-order valence-electron chi connectivity index (χ2n) is 4.94. The molecule has 0 saturated carbocycles. The van der Waals surface area contributed by atoms with Crippen LogP contribution in [-0.4, -0.2) is 12.6 Å². The maximum atomic E-state index is 3.47. The van der Waals surface area contributed by atoms with E-state index in [1.54, 1.807) is 0 Å². The van der Waals surface area contributed by atoms with Crippen LogP contribution in [0.3, 0.4) is 0 Å². The van der Waals surface area contributed by atoms with Crippen molar-refractivity contribution in [3.8, 4) is 0 Å². The van der Waals surface area contributed by atoms with Crippen LogP contribution in [0.2, 0.25) is 0 Å². The third-order valence-electron chi connectivity index (χ3n) is 3.36. The highest BCUT2D eigenvalue weighted by Gasteiger charge is 2.10. The molecule has 1 nitrogen and oxygen atoms in total. The van der Waals surface area contributed by atoms with Crippen molar-refractivity contribution in [3.63, 3.8) is 0 Å². The first-order valence-corrected chi connectivity index (χ1v) is 6.35. The number of benzene rings is 1. The van der Waals surface area contributed by atoms with Crippen molar-refractivity contribution in [2.45, 2.75) is 53.0 Å². The maximum absolute atomic E-state index is 3.47. The van der Waals surface area contributed by atoms with Crippen LogP contribution < -0.4 is 5.32 Å². The monoisotopic (exact) mass is 219 g/mol. The maximum Gasteiger partial charge on any atom is 0.00443 e. The van der Waals surface area contributed by atoms with E-state index in [4.69, 9.17) is 0 Å². The Kier molecular flexibility index (Phi) is 5.01. The lowest BCUT2D eigenvalue weighted by atomic mass is 9.92. The van der Waals surface area contributed by atoms with Crippen LogP contribution in [0.1, 0.15) is 49.8 Å². The Bertz CT molecular complexity index is 330. The highest BCUT2D eigenvalue weighted by molar-refractivity contribution is 5.31. The standard InChI is InChI=1S/C15H25N/c1-6-16-14(5)9-13(4)15-8-7-11(2)12(3)10-15/h7-8,10,13-14,16H,6,9H2,1-5H3. The van der Waals surface area contributed by atoms with Gasteiger partial charge in [0.15, 0.2) is 0 Å². The first-order chi connectivity index (χ1) is 7.54. The molecule has 90 valence electrons. The zero-order valence-electron chi connectivity index (χ0n) is 11.3. The van der Waals surface area contributed by atoms with Crippen molar-refractivity contribution in [1.29, 1.82) is 0 Å². The lowest BCUT2D eigenvalue weighted by Gasteiger charge is -2.19. The third-order valence-corrected chi connectivity index (χ3v) is 3.36. The number of nitrogens with one attached hydrogen (secondary N) is 1. The fourth-order valence-corrected chi connectivity index (χ4v) is 2.17. The average molecular weight is 219 g/mol. The minimum atomic E-state index is 0.599. The lowest BCUT2D eigenvalue weighted by molar-refractivity contribution is 0.491. The summed E-state index contributed by atoms with van der Waals surface area (Å²) in [5.41, 5.74) is 4.25. The fraction of sp³-hybridized carbons (Fsp3) is 0.600. The summed E-state index contributed by atoms with van der Waals surface area (Å²) < 4.78 is 0. The molecule has 1 heteroatoms. The van der Waals surface area contributed by atoms with E-state index in [1.165, 1.54) is 23.1 Å². The highest BCUT2D eigenvalue weighted by atomic mass is 14.9. The molecule has 0 amide bonds. The van der Waals surface area contributed by atoms with Crippen LogP contribution in [0.4, 0.5) is 0 Å². The molecule has 0 aliphatic rings. The summed E-state index contributed by atoms with van der Waals surface area (Å²) in [6.07, 6.45) is 1.20. The van der Waals surface area contributed by atoms with Crippen molar-refractivity contribution in [3.05, 3.63) is 34.9 Å². The number of hydrogen-bond acceptors (Lipinski definition) is 1. The van der Waals surface area contributed by atoms with E-state index >= 15 is 0 Å². The van der Waals surface area contributed by atoms with Crippen LogP contribution in [-0.2, 0) is 0 Å². The van der Waals surface area contributed by atoms with Gasteiger partial charge in [-0.3, -0.25) is 0 Å². The Morgan fingerprint density at radius 1 is 1.12 bits per heavy atom. The van der Waals surface area contributed by atoms with E-state index in [0.717, 1.165) is 6.54 Å². The average Bonchev–Trinajstić information content (AvgIpc) is 2.22. The highest BCUT2D eigenvalue weighted by Crippen LogP contribution is 2.22. The van der Waals surface area contributed by atoms with Crippen LogP contribution in [0.5, 0.6) is 0 Å². The predicted molar refractivity (Wildman–Crippen MR) is 72.1 cm³/mol. The van der Waals surface area contributed by atoms with Crippen molar-refractivity contribution in [2.75, 3.05) is 6.54 Å². The molecule has 1 aromatic rings. The van der Waals surface area contributed by atoms with Gasteiger partial charge in [0.2, 0.25) is 0 Å². The minimum Gasteiger partial charge on any atom is -0.315 e. The van der Waals surface area contributed by atoms with E-state index in [-0.39, 0.29) is 0 Å². The van der Waals surface area contributed by atoms with Crippen LogP contribution in [0, 0.1) is 13.8 Å². The molecule has 0 saturated heterocycles. The third kappa shape index (κ3) is 3.64. The van der Waals surface area contributed by atoms with Gasteiger partial charge in [-0.1, -0.05) is 32.0 Å². The largest absolute Gasteiger partial charge is 0.315 e. The Morgan fingerprint density at radius 3 is 2.38 bits per heavy atom. The molecular formula is C15H25N. The molecule has 0 aromatic heterocycles. The summed E-state index contributed by atoms with van der Waals surface area (Å²) >= 11 is 0. The van der Waals surface area contributed by atoms with Gasteiger partial charge in [-0.05, 0) is 56.3 Å². The van der Waals surface area contributed by atoms with Gasteiger partial charge >= 0.3 is 0 Å². The van der Waals surface area contributed by atoms with Crippen LogP contribution in [0.25, 0.3) is 0 Å². The van der Waals surface area contributed by atoms with E-state index in [2.05, 4.69) is 58.1 Å². The van der Waals surface area contributed by atoms with Gasteiger partial charge < -0.3 is 5.32 Å². The molecule has 1 aromatic carbocycles. The summed E-state index contributed by atoms with van der Waals surface area (Å²) in [7, 11) is 0. The van der Waals surface area contributed by atoms with Gasteiger partial charge in [-0.2, -0.15) is 0 Å². The van der Waals surface area contributed by atoms with Gasteiger partial charge in [-0.25, -0.2) is 0 Å². The first-order valence-electron chi connectivity index (χ1n) is 6.35. The summed E-state index contributed by atoms with van der Waals surface area (Å²) in [6, 6.07) is 7.44. The molecule has 0 aliphatic carbocycles. The summed E-state index contributed by atoms with van der Waals surface area (Å²) in [4.78, 5) is 0. The molecule has 0 fully saturated rings. The summed E-state index contributed by atoms with van der Waals surface area (Å²) in [5.74, 6) is 0.633. The van der Waals surface area contributed by atoms with Gasteiger partial charge in [-0.15, -0.1) is 0 Å². The molecule has 2 unspecified atom stereocenters. The first kappa shape index (κ1) is 13.2. The van der Waals surface area contributed by atoms with Crippen molar-refractivity contribution < 1.29 is 0 Å². The van der Waals surface area contributed by atoms with Crippen molar-refractivity contribution in [1.82, 2.24) is 5.32 Å². The smallest absolute Gasteiger partial charge is 0.00443 e. The lowest BCUT2D eigenvalue weighted by Crippen LogP contribution is -2.26. The number of rotatable bonds is 5. The number of hydrogen-bond donors (Lipinski definition) is 1. The molecule has 1 rings (SSSR count). The molecule has 0 aliphatic heterocycles. The predicted octanol–water partition coefficient (Wildman–Crippen LogP) is 3.80. The molecule has 0 spiro atoms. The van der Waals surface area contributed by atoms with Gasteiger partial charge in [0.1, 0.15) is 0 Å². The van der Waals surface area contributed by atoms with Crippen LogP contribution in [0.15, 0.2) is 18.2 Å². The van der Waals surface area contributed by atoms with Crippen molar-refractivity contribution in [2.24, 2.45) is 0 Å². The Morgan fingerprint density at radius 2 is 1.81 bits per heavy atom. The molecular weight excluding hydrogens is 194 g/mol. The van der Waals surface area contributed by atoms with Gasteiger partial charge in [0, 0.05) is 6.04 Å². The molecule has 0 radical (unpaired) electrons. The SMILES string of the molecule is CCNC(C)CC(C)c1ccc(C)c(C)c1. The Labute approximate surface area is 100 Å². The second-order valence-corrected chi connectivity index (χ2v) is 4.94. The van der Waals surface area contributed by atoms with E-state index in [9.17, 15) is 0 Å². The quantitative estimate of drug-likeness (QED) is 0.794. The van der Waals surface area contributed by atoms with E-state index in [1.807, 2.05) is 0 Å². The second kappa shape index (κ2) is 6.05. The Hall–Kier alpha value is -0.820. The molecule has 16 heavy (non-hydrogen) atoms. The molecule has 2 atom stereocenters. The zero-order valence-corrected chi connectivity index (χ0v) is 11.3. The summed E-state index contributed by atoms with van der Waals surface area (Å²) in [6.45, 7) is 12.2. The van der Waals surface area contributed by atoms with E-state index < -0.39 is 0 Å². The fourth-order valence-electron chi connectivity index (χ4n) is 2.17. The number of aryl methyl sites for hydroxylation is 2. The molecule has 0 bridgehead atoms. The topological polar surface area (TPSA) is 12.0 Å². The summed E-state index contributed by atoms with van der Waals surface area (Å²) in [5, 5.41) is 3.47. The molecule has 1 N–H and O–H groups in total. The van der Waals surface area contributed by atoms with Crippen molar-refractivity contribution >= 4 is 0 Å². The van der Waals surface area contributed by atoms with Gasteiger partial charge in [0.25, 0.3) is 0 Å². The normalized spacial score (nSPS) is 14.8. The van der Waals surface area contributed by atoms with E-state index in [0.29, 0.717) is 12.0 Å². The molecule has 0 heterocycles. The minimum absolute atomic E-state index is 0.599. The Balaban J connectivity index is 2.65. The van der Waals surface area contributed by atoms with Gasteiger partial charge in [0.05, 0.1) is 0 Å².